The van der Waals surface area contributed by atoms with Crippen molar-refractivity contribution >= 4 is 23.5 Å². The molecule has 4 rings (SSSR count). The Bertz CT molecular complexity index is 751. The summed E-state index contributed by atoms with van der Waals surface area (Å²) >= 11 is 0. The maximum atomic E-state index is 12.3. The fraction of sp³-hybridized carbons (Fsp3) is 0.667. The third-order valence-corrected chi connectivity index (χ3v) is 5.46. The number of nitrogens with zero attached hydrogens (tertiary/aromatic N) is 3. The highest BCUT2D eigenvalue weighted by atomic mass is 16.5. The van der Waals surface area contributed by atoms with Crippen LogP contribution < -0.4 is 10.6 Å². The lowest BCUT2D eigenvalue weighted by molar-refractivity contribution is -0.138. The van der Waals surface area contributed by atoms with Crippen LogP contribution in [0.3, 0.4) is 0 Å². The van der Waals surface area contributed by atoms with Gasteiger partial charge in [0.1, 0.15) is 11.9 Å². The van der Waals surface area contributed by atoms with Gasteiger partial charge in [0.25, 0.3) is 0 Å². The molecule has 2 N–H and O–H groups in total. The van der Waals surface area contributed by atoms with Crippen molar-refractivity contribution in [1.29, 1.82) is 0 Å². The molecule has 3 heterocycles. The van der Waals surface area contributed by atoms with Crippen molar-refractivity contribution in [3.63, 3.8) is 0 Å². The van der Waals surface area contributed by atoms with Gasteiger partial charge in [0.05, 0.1) is 12.3 Å². The first kappa shape index (κ1) is 18.0. The van der Waals surface area contributed by atoms with E-state index >= 15 is 0 Å². The first-order chi connectivity index (χ1) is 13.0. The van der Waals surface area contributed by atoms with E-state index in [9.17, 15) is 14.4 Å². The van der Waals surface area contributed by atoms with E-state index in [1.165, 1.54) is 0 Å². The highest BCUT2D eigenvalue weighted by Crippen LogP contribution is 2.30. The van der Waals surface area contributed by atoms with E-state index in [1.54, 1.807) is 17.8 Å². The van der Waals surface area contributed by atoms with E-state index in [2.05, 4.69) is 15.7 Å². The lowest BCUT2D eigenvalue weighted by Crippen LogP contribution is -2.46. The molecule has 3 aliphatic rings. The molecule has 0 spiro atoms. The monoisotopic (exact) mass is 375 g/mol. The number of carbonyl (C=O) groups excluding carboxylic acids is 3. The molecule has 0 aromatic carbocycles. The van der Waals surface area contributed by atoms with Crippen molar-refractivity contribution in [2.24, 2.45) is 7.05 Å². The molecule has 2 unspecified atom stereocenters. The number of aromatic nitrogens is 2. The van der Waals surface area contributed by atoms with E-state index in [4.69, 9.17) is 4.74 Å². The Morgan fingerprint density at radius 1 is 1.22 bits per heavy atom. The summed E-state index contributed by atoms with van der Waals surface area (Å²) in [5, 5.41) is 9.58. The van der Waals surface area contributed by atoms with Gasteiger partial charge in [-0.1, -0.05) is 0 Å². The van der Waals surface area contributed by atoms with Crippen molar-refractivity contribution in [3.05, 3.63) is 11.8 Å². The molecule has 0 bridgehead atoms. The van der Waals surface area contributed by atoms with Crippen molar-refractivity contribution in [1.82, 2.24) is 20.0 Å². The zero-order valence-electron chi connectivity index (χ0n) is 15.4. The Labute approximate surface area is 157 Å². The molecule has 146 valence electrons. The summed E-state index contributed by atoms with van der Waals surface area (Å²) in [6.07, 6.45) is 4.58. The van der Waals surface area contributed by atoms with Crippen molar-refractivity contribution in [3.8, 4) is 0 Å². The third kappa shape index (κ3) is 3.83. The van der Waals surface area contributed by atoms with Crippen LogP contribution in [-0.4, -0.2) is 64.2 Å². The SMILES string of the molecule is Cn1nc(C2CCCOC2)cc1NC(=O)C(=O)NC1CCN(C2CC2)C1=O. The van der Waals surface area contributed by atoms with Crippen LogP contribution in [0.5, 0.6) is 0 Å². The summed E-state index contributed by atoms with van der Waals surface area (Å²) in [5.74, 6) is -1.02. The van der Waals surface area contributed by atoms with Crippen molar-refractivity contribution in [2.75, 3.05) is 25.1 Å². The minimum Gasteiger partial charge on any atom is -0.381 e. The van der Waals surface area contributed by atoms with Crippen LogP contribution >= 0.6 is 0 Å². The Morgan fingerprint density at radius 2 is 2.04 bits per heavy atom. The summed E-state index contributed by atoms with van der Waals surface area (Å²) in [7, 11) is 1.72. The number of aryl methyl sites for hydroxylation is 1. The lowest BCUT2D eigenvalue weighted by Gasteiger charge is -2.19. The predicted octanol–water partition coefficient (Wildman–Crippen LogP) is 0.132. The summed E-state index contributed by atoms with van der Waals surface area (Å²) < 4.78 is 7.03. The molecule has 2 aliphatic heterocycles. The van der Waals surface area contributed by atoms with Gasteiger partial charge in [0, 0.05) is 38.2 Å². The summed E-state index contributed by atoms with van der Waals surface area (Å²) in [4.78, 5) is 38.6. The minimum atomic E-state index is -0.797. The smallest absolute Gasteiger partial charge is 0.314 e. The fourth-order valence-electron chi connectivity index (χ4n) is 3.76. The second-order valence-electron chi connectivity index (χ2n) is 7.52. The summed E-state index contributed by atoms with van der Waals surface area (Å²) in [6, 6.07) is 1.50. The Hall–Kier alpha value is -2.42. The molecule has 1 aromatic rings. The largest absolute Gasteiger partial charge is 0.381 e. The molecule has 1 saturated carbocycles. The van der Waals surface area contributed by atoms with Gasteiger partial charge < -0.3 is 20.3 Å². The van der Waals surface area contributed by atoms with Crippen LogP contribution in [-0.2, 0) is 26.2 Å². The first-order valence-electron chi connectivity index (χ1n) is 9.57. The zero-order chi connectivity index (χ0) is 19.0. The maximum absolute atomic E-state index is 12.3. The molecule has 1 aromatic heterocycles. The standard InChI is InChI=1S/C18H25N5O4/c1-22-15(9-14(21-22)11-3-2-8-27-10-11)20-17(25)16(24)19-13-6-7-23(18(13)26)12-4-5-12/h9,11-13H,2-8,10H2,1H3,(H,19,24)(H,20,25). The molecule has 3 amide bonds. The van der Waals surface area contributed by atoms with Gasteiger partial charge in [0.2, 0.25) is 5.91 Å². The molecular weight excluding hydrogens is 350 g/mol. The number of amides is 3. The van der Waals surface area contributed by atoms with Crippen LogP contribution in [0.1, 0.15) is 43.7 Å². The first-order valence-corrected chi connectivity index (χ1v) is 9.57. The molecule has 27 heavy (non-hydrogen) atoms. The third-order valence-electron chi connectivity index (χ3n) is 5.46. The molecule has 9 heteroatoms. The fourth-order valence-corrected chi connectivity index (χ4v) is 3.76. The normalized spacial score (nSPS) is 25.5. The van der Waals surface area contributed by atoms with Crippen LogP contribution in [0.15, 0.2) is 6.07 Å². The minimum absolute atomic E-state index is 0.0845. The quantitative estimate of drug-likeness (QED) is 0.728. The average Bonchev–Trinajstić information content (AvgIpc) is 3.36. The average molecular weight is 375 g/mol. The summed E-state index contributed by atoms with van der Waals surface area (Å²) in [6.45, 7) is 2.03. The molecule has 0 radical (unpaired) electrons. The number of nitrogens with one attached hydrogen (secondary N) is 2. The Morgan fingerprint density at radius 3 is 2.74 bits per heavy atom. The van der Waals surface area contributed by atoms with Gasteiger partial charge in [-0.15, -0.1) is 0 Å². The number of hydrogen-bond donors (Lipinski definition) is 2. The van der Waals surface area contributed by atoms with Crippen molar-refractivity contribution in [2.45, 2.75) is 50.1 Å². The van der Waals surface area contributed by atoms with Gasteiger partial charge in [-0.2, -0.15) is 5.10 Å². The molecule has 3 fully saturated rings. The highest BCUT2D eigenvalue weighted by molar-refractivity contribution is 6.39. The zero-order valence-corrected chi connectivity index (χ0v) is 15.4. The number of carbonyl (C=O) groups is 3. The Kier molecular flexibility index (Phi) is 4.86. The van der Waals surface area contributed by atoms with Crippen LogP contribution in [0.2, 0.25) is 0 Å². The second-order valence-corrected chi connectivity index (χ2v) is 7.52. The second kappa shape index (κ2) is 7.30. The maximum Gasteiger partial charge on any atom is 0.314 e. The molecule has 1 aliphatic carbocycles. The number of likely N-dealkylation sites (tertiary alicyclic amines) is 1. The van der Waals surface area contributed by atoms with Gasteiger partial charge in [0.15, 0.2) is 0 Å². The number of rotatable bonds is 4. The number of ether oxygens (including phenoxy) is 1. The van der Waals surface area contributed by atoms with Crippen LogP contribution in [0.4, 0.5) is 5.82 Å². The summed E-state index contributed by atoms with van der Waals surface area (Å²) in [5.41, 5.74) is 0.846. The van der Waals surface area contributed by atoms with Crippen LogP contribution in [0.25, 0.3) is 0 Å². The molecule has 9 nitrogen and oxygen atoms in total. The highest BCUT2D eigenvalue weighted by Gasteiger charge is 2.41. The van der Waals surface area contributed by atoms with Gasteiger partial charge >= 0.3 is 11.8 Å². The van der Waals surface area contributed by atoms with E-state index in [0.717, 1.165) is 38.0 Å². The van der Waals surface area contributed by atoms with E-state index in [-0.39, 0.29) is 11.8 Å². The van der Waals surface area contributed by atoms with Crippen LogP contribution in [0, 0.1) is 0 Å². The number of anilines is 1. The van der Waals surface area contributed by atoms with Gasteiger partial charge in [-0.25, -0.2) is 0 Å². The number of hydrogen-bond acceptors (Lipinski definition) is 5. The van der Waals surface area contributed by atoms with Gasteiger partial charge in [-0.05, 0) is 32.1 Å². The predicted molar refractivity (Wildman–Crippen MR) is 95.9 cm³/mol. The molecular formula is C18H25N5O4. The topological polar surface area (TPSA) is 106 Å². The van der Waals surface area contributed by atoms with Crippen molar-refractivity contribution < 1.29 is 19.1 Å². The van der Waals surface area contributed by atoms with E-state index in [0.29, 0.717) is 31.4 Å². The Balaban J connectivity index is 1.34. The molecule has 2 atom stereocenters. The lowest BCUT2D eigenvalue weighted by atomic mass is 9.99. The van der Waals surface area contributed by atoms with Gasteiger partial charge in [-0.3, -0.25) is 19.1 Å². The molecule has 2 saturated heterocycles. The van der Waals surface area contributed by atoms with E-state index < -0.39 is 17.9 Å². The van der Waals surface area contributed by atoms with E-state index in [1.807, 2.05) is 4.90 Å².